The molecule has 9 heteroatoms. The molecule has 0 saturated heterocycles. The molecule has 0 fully saturated rings. The molecular weight excluding hydrogens is 329 g/mol. The van der Waals surface area contributed by atoms with Gasteiger partial charge in [-0.25, -0.2) is 0 Å². The van der Waals surface area contributed by atoms with Crippen LogP contribution in [-0.2, 0) is 27.0 Å². The highest BCUT2D eigenvalue weighted by Crippen LogP contribution is 2.35. The summed E-state index contributed by atoms with van der Waals surface area (Å²) in [5, 5.41) is 3.50. The van der Waals surface area contributed by atoms with Crippen LogP contribution in [0.25, 0.3) is 10.9 Å². The Morgan fingerprint density at radius 3 is 2.58 bits per heavy atom. The summed E-state index contributed by atoms with van der Waals surface area (Å²) < 4.78 is 49.9. The van der Waals surface area contributed by atoms with Crippen LogP contribution in [0.2, 0.25) is 0 Å². The number of ether oxygens (including phenoxy) is 2. The fourth-order valence-corrected chi connectivity index (χ4v) is 2.24. The highest BCUT2D eigenvalue weighted by molar-refractivity contribution is 5.84. The molecule has 0 bridgehead atoms. The number of aryl methyl sites for hydroxylation is 1. The average molecular weight is 344 g/mol. The van der Waals surface area contributed by atoms with Crippen LogP contribution < -0.4 is 4.74 Å². The van der Waals surface area contributed by atoms with Gasteiger partial charge < -0.3 is 9.47 Å². The van der Waals surface area contributed by atoms with Crippen molar-refractivity contribution >= 4 is 22.8 Å². The van der Waals surface area contributed by atoms with Gasteiger partial charge >= 0.3 is 18.1 Å². The predicted molar refractivity (Wildman–Crippen MR) is 77.3 cm³/mol. The van der Waals surface area contributed by atoms with Gasteiger partial charge in [-0.1, -0.05) is 0 Å². The van der Waals surface area contributed by atoms with Gasteiger partial charge in [-0.15, -0.1) is 0 Å². The summed E-state index contributed by atoms with van der Waals surface area (Å²) in [7, 11) is 1.23. The van der Waals surface area contributed by atoms with Crippen molar-refractivity contribution in [3.8, 4) is 5.75 Å². The topological polar surface area (TPSA) is 70.4 Å². The van der Waals surface area contributed by atoms with Gasteiger partial charge in [0, 0.05) is 31.3 Å². The standard InChI is InChI=1S/C15H15F3N2O4/c1-9(21)24-10-5-6-11-12(8-10)20(7-3-4-13(22)23-2)19-14(11)15(16,17)18/h5-6,8H,3-4,7H2,1-2H3. The second-order valence-electron chi connectivity index (χ2n) is 5.02. The molecule has 1 heterocycles. The molecule has 0 amide bonds. The summed E-state index contributed by atoms with van der Waals surface area (Å²) >= 11 is 0. The maximum absolute atomic E-state index is 13.1. The third-order valence-electron chi connectivity index (χ3n) is 3.23. The molecule has 6 nitrogen and oxygen atoms in total. The molecule has 0 spiro atoms. The smallest absolute Gasteiger partial charge is 0.435 e. The molecule has 0 aliphatic carbocycles. The van der Waals surface area contributed by atoms with Crippen molar-refractivity contribution in [1.82, 2.24) is 9.78 Å². The minimum atomic E-state index is -4.62. The quantitative estimate of drug-likeness (QED) is 0.616. The van der Waals surface area contributed by atoms with E-state index < -0.39 is 23.8 Å². The third-order valence-corrected chi connectivity index (χ3v) is 3.23. The Morgan fingerprint density at radius 1 is 1.29 bits per heavy atom. The maximum Gasteiger partial charge on any atom is 0.435 e. The molecule has 1 aromatic carbocycles. The number of halogens is 3. The molecular formula is C15H15F3N2O4. The number of methoxy groups -OCH3 is 1. The predicted octanol–water partition coefficient (Wildman–Crippen LogP) is 2.93. The van der Waals surface area contributed by atoms with Crippen molar-refractivity contribution in [3.05, 3.63) is 23.9 Å². The Kier molecular flexibility index (Phi) is 5.10. The Morgan fingerprint density at radius 2 is 2.00 bits per heavy atom. The number of aromatic nitrogens is 2. The summed E-state index contributed by atoms with van der Waals surface area (Å²) in [6, 6.07) is 3.80. The number of carbonyl (C=O) groups is 2. The molecule has 0 saturated carbocycles. The molecule has 0 atom stereocenters. The fraction of sp³-hybridized carbons (Fsp3) is 0.400. The first kappa shape index (κ1) is 17.8. The lowest BCUT2D eigenvalue weighted by Crippen LogP contribution is -2.09. The Hall–Kier alpha value is -2.58. The van der Waals surface area contributed by atoms with E-state index in [1.165, 1.54) is 32.2 Å². The van der Waals surface area contributed by atoms with Crippen LogP contribution >= 0.6 is 0 Å². The van der Waals surface area contributed by atoms with E-state index in [-0.39, 0.29) is 36.0 Å². The normalized spacial score (nSPS) is 11.5. The van der Waals surface area contributed by atoms with Crippen LogP contribution in [0.15, 0.2) is 18.2 Å². The summed E-state index contributed by atoms with van der Waals surface area (Å²) in [6.07, 6.45) is -4.30. The first-order valence-corrected chi connectivity index (χ1v) is 7.05. The second kappa shape index (κ2) is 6.90. The van der Waals surface area contributed by atoms with Gasteiger partial charge in [0.05, 0.1) is 12.6 Å². The highest BCUT2D eigenvalue weighted by Gasteiger charge is 2.36. The number of esters is 2. The second-order valence-corrected chi connectivity index (χ2v) is 5.02. The van der Waals surface area contributed by atoms with Crippen molar-refractivity contribution in [1.29, 1.82) is 0 Å². The zero-order valence-electron chi connectivity index (χ0n) is 13.0. The number of rotatable bonds is 5. The van der Waals surface area contributed by atoms with E-state index in [4.69, 9.17) is 4.74 Å². The molecule has 130 valence electrons. The van der Waals surface area contributed by atoms with E-state index in [0.717, 1.165) is 4.68 Å². The zero-order valence-corrected chi connectivity index (χ0v) is 13.0. The summed E-state index contributed by atoms with van der Waals surface area (Å²) in [4.78, 5) is 22.1. The lowest BCUT2D eigenvalue weighted by molar-refractivity contribution is -0.141. The van der Waals surface area contributed by atoms with Gasteiger partial charge in [-0.05, 0) is 18.6 Å². The molecule has 24 heavy (non-hydrogen) atoms. The van der Waals surface area contributed by atoms with Crippen molar-refractivity contribution < 1.29 is 32.2 Å². The summed E-state index contributed by atoms with van der Waals surface area (Å²) in [6.45, 7) is 1.28. The van der Waals surface area contributed by atoms with Crippen LogP contribution in [0.1, 0.15) is 25.5 Å². The van der Waals surface area contributed by atoms with Gasteiger partial charge in [-0.3, -0.25) is 14.3 Å². The van der Waals surface area contributed by atoms with E-state index in [1.807, 2.05) is 0 Å². The number of fused-ring (bicyclic) bond motifs is 1. The number of benzene rings is 1. The van der Waals surface area contributed by atoms with E-state index in [2.05, 4.69) is 9.84 Å². The number of hydrogen-bond acceptors (Lipinski definition) is 5. The SMILES string of the molecule is COC(=O)CCCn1nc(C(F)(F)F)c2ccc(OC(C)=O)cc21. The van der Waals surface area contributed by atoms with Gasteiger partial charge in [-0.2, -0.15) is 18.3 Å². The molecule has 2 rings (SSSR count). The van der Waals surface area contributed by atoms with Crippen LogP contribution in [0.3, 0.4) is 0 Å². The number of carbonyl (C=O) groups excluding carboxylic acids is 2. The molecule has 0 aliphatic heterocycles. The summed E-state index contributed by atoms with van der Waals surface area (Å²) in [5.74, 6) is -0.914. The van der Waals surface area contributed by atoms with E-state index in [0.29, 0.717) is 0 Å². The number of nitrogens with zero attached hydrogens (tertiary/aromatic N) is 2. The van der Waals surface area contributed by atoms with Crippen LogP contribution in [0.5, 0.6) is 5.75 Å². The van der Waals surface area contributed by atoms with Crippen molar-refractivity contribution in [2.45, 2.75) is 32.5 Å². The van der Waals surface area contributed by atoms with E-state index in [9.17, 15) is 22.8 Å². The Balaban J connectivity index is 2.39. The monoisotopic (exact) mass is 344 g/mol. The maximum atomic E-state index is 13.1. The van der Waals surface area contributed by atoms with Crippen molar-refractivity contribution in [2.24, 2.45) is 0 Å². The van der Waals surface area contributed by atoms with Gasteiger partial charge in [0.25, 0.3) is 0 Å². The van der Waals surface area contributed by atoms with Crippen molar-refractivity contribution in [3.63, 3.8) is 0 Å². The van der Waals surface area contributed by atoms with Gasteiger partial charge in [0.1, 0.15) is 5.75 Å². The molecule has 1 aromatic heterocycles. The molecule has 0 unspecified atom stereocenters. The Labute approximate surface area is 135 Å². The van der Waals surface area contributed by atoms with Gasteiger partial charge in [0.2, 0.25) is 0 Å². The fourth-order valence-electron chi connectivity index (χ4n) is 2.24. The lowest BCUT2D eigenvalue weighted by Gasteiger charge is -2.05. The van der Waals surface area contributed by atoms with Crippen LogP contribution in [0.4, 0.5) is 13.2 Å². The molecule has 0 radical (unpaired) electrons. The molecule has 0 N–H and O–H groups in total. The lowest BCUT2D eigenvalue weighted by atomic mass is 10.2. The van der Waals surface area contributed by atoms with Gasteiger partial charge in [0.15, 0.2) is 5.69 Å². The van der Waals surface area contributed by atoms with E-state index in [1.54, 1.807) is 0 Å². The first-order chi connectivity index (χ1) is 11.2. The first-order valence-electron chi connectivity index (χ1n) is 7.05. The number of hydrogen-bond donors (Lipinski definition) is 0. The molecule has 2 aromatic rings. The summed E-state index contributed by atoms with van der Waals surface area (Å²) in [5.41, 5.74) is -0.851. The largest absolute Gasteiger partial charge is 0.469 e. The molecule has 0 aliphatic rings. The number of alkyl halides is 3. The minimum Gasteiger partial charge on any atom is -0.469 e. The third kappa shape index (κ3) is 4.03. The Bertz CT molecular complexity index is 768. The average Bonchev–Trinajstić information content (AvgIpc) is 2.85. The van der Waals surface area contributed by atoms with Crippen LogP contribution in [-0.4, -0.2) is 28.8 Å². The highest BCUT2D eigenvalue weighted by atomic mass is 19.4. The van der Waals surface area contributed by atoms with Crippen molar-refractivity contribution in [2.75, 3.05) is 7.11 Å². The zero-order chi connectivity index (χ0) is 17.9. The van der Waals surface area contributed by atoms with E-state index >= 15 is 0 Å². The minimum absolute atomic E-state index is 0.0584. The van der Waals surface area contributed by atoms with Crippen LogP contribution in [0, 0.1) is 0 Å².